The first kappa shape index (κ1) is 17.2. The van der Waals surface area contributed by atoms with Gasteiger partial charge >= 0.3 is 12.1 Å². The highest BCUT2D eigenvalue weighted by Gasteiger charge is 2.17. The van der Waals surface area contributed by atoms with Crippen molar-refractivity contribution in [3.05, 3.63) is 33.6 Å². The maximum atomic E-state index is 13.2. The third kappa shape index (κ3) is 5.20. The molecule has 21 heavy (non-hydrogen) atoms. The summed E-state index contributed by atoms with van der Waals surface area (Å²) in [6.45, 7) is 0.887. The topological polar surface area (TPSA) is 81.7 Å². The van der Waals surface area contributed by atoms with Crippen LogP contribution in [0.25, 0.3) is 0 Å². The van der Waals surface area contributed by atoms with Gasteiger partial charge in [-0.3, -0.25) is 10.1 Å². The number of ether oxygens (including phenoxy) is 2. The highest BCUT2D eigenvalue weighted by atomic mass is 35.5. The number of amides is 2. The average Bonchev–Trinajstić information content (AvgIpc) is 2.40. The molecule has 0 bridgehead atoms. The van der Waals surface area contributed by atoms with Crippen LogP contribution in [0.15, 0.2) is 12.1 Å². The number of nitrogens with one attached hydrogen (secondary N) is 1. The number of halogens is 3. The van der Waals surface area contributed by atoms with E-state index in [2.05, 4.69) is 9.47 Å². The number of rotatable bonds is 4. The number of hydrogen-bond acceptors (Lipinski definition) is 5. The summed E-state index contributed by atoms with van der Waals surface area (Å²) in [6.07, 6.45) is -0.964. The summed E-state index contributed by atoms with van der Waals surface area (Å²) in [4.78, 5) is 33.8. The molecule has 0 radical (unpaired) electrons. The average molecular weight is 338 g/mol. The Bertz CT molecular complexity index is 579. The summed E-state index contributed by atoms with van der Waals surface area (Å²) < 4.78 is 22.3. The van der Waals surface area contributed by atoms with Crippen molar-refractivity contribution in [2.75, 3.05) is 13.2 Å². The predicted molar refractivity (Wildman–Crippen MR) is 71.9 cm³/mol. The molecule has 0 saturated heterocycles. The molecule has 1 aromatic carbocycles. The Morgan fingerprint density at radius 3 is 2.48 bits per heavy atom. The summed E-state index contributed by atoms with van der Waals surface area (Å²) in [7, 11) is 0. The second kappa shape index (κ2) is 7.80. The van der Waals surface area contributed by atoms with Crippen LogP contribution in [0.4, 0.5) is 9.18 Å². The molecule has 9 heteroatoms. The molecule has 6 nitrogen and oxygen atoms in total. The Kier molecular flexibility index (Phi) is 6.39. The van der Waals surface area contributed by atoms with Gasteiger partial charge in [-0.15, -0.1) is 0 Å². The Morgan fingerprint density at radius 1 is 1.19 bits per heavy atom. The molecule has 2 amide bonds. The molecule has 0 heterocycles. The standard InChI is InChI=1S/C12H10Cl2FNO5/c1-2-20-12(19)16-10(17)5-21-11(18)6-3-9(15)8(14)4-7(6)13/h3-4H,2,5H2,1H3,(H,16,17,19). The Labute approximate surface area is 129 Å². The second-order valence-corrected chi connectivity index (χ2v) is 4.41. The summed E-state index contributed by atoms with van der Waals surface area (Å²) in [5.74, 6) is -2.79. The van der Waals surface area contributed by atoms with E-state index < -0.39 is 30.4 Å². The third-order valence-corrected chi connectivity index (χ3v) is 2.68. The van der Waals surface area contributed by atoms with Crippen LogP contribution in [0.2, 0.25) is 10.0 Å². The molecular formula is C12H10Cl2FNO5. The zero-order valence-electron chi connectivity index (χ0n) is 10.7. The zero-order chi connectivity index (χ0) is 16.0. The van der Waals surface area contributed by atoms with Gasteiger partial charge in [0.2, 0.25) is 0 Å². The maximum absolute atomic E-state index is 13.2. The van der Waals surface area contributed by atoms with Crippen LogP contribution < -0.4 is 5.32 Å². The van der Waals surface area contributed by atoms with Gasteiger partial charge in [-0.1, -0.05) is 23.2 Å². The Hall–Kier alpha value is -1.86. The first-order valence-electron chi connectivity index (χ1n) is 5.63. The van der Waals surface area contributed by atoms with E-state index in [1.165, 1.54) is 0 Å². The van der Waals surface area contributed by atoms with Gasteiger partial charge in [0.05, 0.1) is 22.2 Å². The lowest BCUT2D eigenvalue weighted by Crippen LogP contribution is -2.34. The molecule has 0 atom stereocenters. The van der Waals surface area contributed by atoms with Crippen LogP contribution in [-0.4, -0.2) is 31.2 Å². The highest BCUT2D eigenvalue weighted by molar-refractivity contribution is 6.36. The summed E-state index contributed by atoms with van der Waals surface area (Å²) in [5, 5.41) is 1.44. The van der Waals surface area contributed by atoms with E-state index in [1.54, 1.807) is 6.92 Å². The fourth-order valence-electron chi connectivity index (χ4n) is 1.20. The van der Waals surface area contributed by atoms with Gasteiger partial charge in [-0.2, -0.15) is 0 Å². The number of benzene rings is 1. The van der Waals surface area contributed by atoms with E-state index in [0.29, 0.717) is 0 Å². The minimum Gasteiger partial charge on any atom is -0.452 e. The lowest BCUT2D eigenvalue weighted by molar-refractivity contribution is -0.123. The molecule has 0 aliphatic carbocycles. The van der Waals surface area contributed by atoms with E-state index in [-0.39, 0.29) is 22.2 Å². The summed E-state index contributed by atoms with van der Waals surface area (Å²) in [5.41, 5.74) is -0.289. The van der Waals surface area contributed by atoms with Crippen molar-refractivity contribution in [2.24, 2.45) is 0 Å². The first-order chi connectivity index (χ1) is 9.85. The van der Waals surface area contributed by atoms with Gasteiger partial charge in [-0.25, -0.2) is 14.0 Å². The van der Waals surface area contributed by atoms with E-state index in [0.717, 1.165) is 12.1 Å². The van der Waals surface area contributed by atoms with Crippen LogP contribution in [0, 0.1) is 5.82 Å². The summed E-state index contributed by atoms with van der Waals surface area (Å²) >= 11 is 11.2. The number of imide groups is 1. The molecule has 0 saturated carbocycles. The second-order valence-electron chi connectivity index (χ2n) is 3.59. The smallest absolute Gasteiger partial charge is 0.413 e. The minimum atomic E-state index is -1.03. The molecule has 0 aliphatic rings. The molecule has 0 unspecified atom stereocenters. The van der Waals surface area contributed by atoms with Crippen molar-refractivity contribution >= 4 is 41.2 Å². The van der Waals surface area contributed by atoms with Crippen molar-refractivity contribution in [2.45, 2.75) is 6.92 Å². The van der Waals surface area contributed by atoms with Gasteiger partial charge < -0.3 is 9.47 Å². The number of alkyl carbamates (subject to hydrolysis) is 1. The molecule has 1 N–H and O–H groups in total. The quantitative estimate of drug-likeness (QED) is 0.674. The van der Waals surface area contributed by atoms with E-state index >= 15 is 0 Å². The highest BCUT2D eigenvalue weighted by Crippen LogP contribution is 2.24. The molecule has 1 rings (SSSR count). The molecule has 0 aromatic heterocycles. The number of esters is 1. The molecule has 0 fully saturated rings. The number of carbonyl (C=O) groups is 3. The monoisotopic (exact) mass is 337 g/mol. The molecule has 0 spiro atoms. The third-order valence-electron chi connectivity index (χ3n) is 2.08. The van der Waals surface area contributed by atoms with Crippen molar-refractivity contribution < 1.29 is 28.2 Å². The van der Waals surface area contributed by atoms with Crippen LogP contribution in [0.1, 0.15) is 17.3 Å². The molecule has 114 valence electrons. The minimum absolute atomic E-state index is 0.0819. The van der Waals surface area contributed by atoms with Gasteiger partial charge in [0.1, 0.15) is 5.82 Å². The van der Waals surface area contributed by atoms with Crippen molar-refractivity contribution in [3.8, 4) is 0 Å². The van der Waals surface area contributed by atoms with Crippen LogP contribution in [-0.2, 0) is 14.3 Å². The van der Waals surface area contributed by atoms with Gasteiger partial charge in [0, 0.05) is 0 Å². The van der Waals surface area contributed by atoms with E-state index in [9.17, 15) is 18.8 Å². The largest absolute Gasteiger partial charge is 0.452 e. The molecule has 0 aliphatic heterocycles. The predicted octanol–water partition coefficient (Wildman–Crippen LogP) is 2.56. The van der Waals surface area contributed by atoms with Gasteiger partial charge in [-0.05, 0) is 19.1 Å². The fourth-order valence-corrected chi connectivity index (χ4v) is 1.67. The SMILES string of the molecule is CCOC(=O)NC(=O)COC(=O)c1cc(F)c(Cl)cc1Cl. The Balaban J connectivity index is 2.60. The van der Waals surface area contributed by atoms with Crippen molar-refractivity contribution in [1.29, 1.82) is 0 Å². The number of carbonyl (C=O) groups excluding carboxylic acids is 3. The Morgan fingerprint density at radius 2 is 1.86 bits per heavy atom. The van der Waals surface area contributed by atoms with Crippen LogP contribution >= 0.6 is 23.2 Å². The van der Waals surface area contributed by atoms with E-state index in [1.807, 2.05) is 5.32 Å². The van der Waals surface area contributed by atoms with Crippen molar-refractivity contribution in [3.63, 3.8) is 0 Å². The van der Waals surface area contributed by atoms with Gasteiger partial charge in [0.15, 0.2) is 6.61 Å². The number of hydrogen-bond donors (Lipinski definition) is 1. The molecular weight excluding hydrogens is 328 g/mol. The summed E-state index contributed by atoms with van der Waals surface area (Å²) in [6, 6.07) is 1.82. The first-order valence-corrected chi connectivity index (χ1v) is 6.39. The van der Waals surface area contributed by atoms with Crippen LogP contribution in [0.5, 0.6) is 0 Å². The van der Waals surface area contributed by atoms with Gasteiger partial charge in [0.25, 0.3) is 5.91 Å². The van der Waals surface area contributed by atoms with Crippen LogP contribution in [0.3, 0.4) is 0 Å². The zero-order valence-corrected chi connectivity index (χ0v) is 12.3. The fraction of sp³-hybridized carbons (Fsp3) is 0.250. The van der Waals surface area contributed by atoms with E-state index in [4.69, 9.17) is 23.2 Å². The maximum Gasteiger partial charge on any atom is 0.413 e. The lowest BCUT2D eigenvalue weighted by Gasteiger charge is -2.07. The molecule has 1 aromatic rings. The normalized spacial score (nSPS) is 9.90. The van der Waals surface area contributed by atoms with Crippen molar-refractivity contribution in [1.82, 2.24) is 5.32 Å². The lowest BCUT2D eigenvalue weighted by atomic mass is 10.2.